The number of carbonyl (C=O) groups excluding carboxylic acids is 1. The molecule has 4 heterocycles. The van der Waals surface area contributed by atoms with Crippen LogP contribution in [0.4, 0.5) is 11.8 Å². The average Bonchev–Trinajstić information content (AvgIpc) is 3.31. The van der Waals surface area contributed by atoms with Gasteiger partial charge < -0.3 is 24.4 Å². The number of nitrogens with one attached hydrogen (secondary N) is 1. The number of carbonyl (C=O) groups is 1. The number of ketones is 1. The fraction of sp³-hybridized carbons (Fsp3) is 0.429. The first-order valence-electron chi connectivity index (χ1n) is 12.9. The number of halogens is 2. The van der Waals surface area contributed by atoms with Crippen LogP contribution in [-0.4, -0.2) is 67.3 Å². The van der Waals surface area contributed by atoms with Gasteiger partial charge in [-0.3, -0.25) is 4.79 Å². The zero-order valence-electron chi connectivity index (χ0n) is 21.7. The third-order valence-electron chi connectivity index (χ3n) is 7.86. The Morgan fingerprint density at radius 3 is 2.54 bits per heavy atom. The molecule has 0 spiro atoms. The van der Waals surface area contributed by atoms with Gasteiger partial charge >= 0.3 is 0 Å². The van der Waals surface area contributed by atoms with E-state index in [0.717, 1.165) is 29.8 Å². The van der Waals surface area contributed by atoms with Crippen molar-refractivity contribution >= 4 is 51.7 Å². The molecule has 2 aliphatic heterocycles. The Balaban J connectivity index is 1.42. The van der Waals surface area contributed by atoms with E-state index in [2.05, 4.69) is 21.8 Å². The lowest BCUT2D eigenvalue weighted by molar-refractivity contribution is -0.115. The minimum absolute atomic E-state index is 0.00478. The minimum atomic E-state index is -0.0803. The predicted molar refractivity (Wildman–Crippen MR) is 151 cm³/mol. The van der Waals surface area contributed by atoms with Gasteiger partial charge in [0.1, 0.15) is 17.0 Å². The van der Waals surface area contributed by atoms with Gasteiger partial charge in [-0.2, -0.15) is 0 Å². The van der Waals surface area contributed by atoms with Crippen LogP contribution < -0.4 is 19.7 Å². The first-order valence-corrected chi connectivity index (χ1v) is 13.7. The number of pyridine rings is 1. The number of piperidine rings is 1. The Morgan fingerprint density at radius 2 is 1.87 bits per heavy atom. The van der Waals surface area contributed by atoms with Crippen molar-refractivity contribution in [2.24, 2.45) is 17.8 Å². The molecule has 4 atom stereocenters. The largest absolute Gasteiger partial charge is 0.495 e. The number of allylic oxidation sites excluding steroid dienone is 1. The summed E-state index contributed by atoms with van der Waals surface area (Å²) in [4.78, 5) is 28.8. The molecule has 3 aromatic rings. The van der Waals surface area contributed by atoms with Crippen molar-refractivity contribution in [3.8, 4) is 22.8 Å². The van der Waals surface area contributed by atoms with E-state index < -0.39 is 0 Å². The van der Waals surface area contributed by atoms with Gasteiger partial charge in [0.2, 0.25) is 5.95 Å². The molecule has 204 valence electrons. The molecule has 2 aromatic heterocycles. The van der Waals surface area contributed by atoms with Crippen molar-refractivity contribution in [2.45, 2.75) is 18.9 Å². The molecule has 1 aliphatic carbocycles. The maximum atomic E-state index is 12.0. The summed E-state index contributed by atoms with van der Waals surface area (Å²) in [6, 6.07) is 3.46. The Labute approximate surface area is 236 Å². The van der Waals surface area contributed by atoms with E-state index in [9.17, 15) is 4.79 Å². The highest BCUT2D eigenvalue weighted by atomic mass is 35.5. The van der Waals surface area contributed by atoms with E-state index in [0.29, 0.717) is 70.2 Å². The zero-order chi connectivity index (χ0) is 27.3. The fourth-order valence-electron chi connectivity index (χ4n) is 5.59. The highest BCUT2D eigenvalue weighted by Gasteiger charge is 2.46. The number of aromatic nitrogens is 3. The van der Waals surface area contributed by atoms with Gasteiger partial charge in [-0.05, 0) is 30.4 Å². The van der Waals surface area contributed by atoms with Gasteiger partial charge in [0, 0.05) is 48.6 Å². The van der Waals surface area contributed by atoms with Crippen LogP contribution in [0.5, 0.6) is 11.5 Å². The zero-order valence-corrected chi connectivity index (χ0v) is 23.3. The predicted octanol–water partition coefficient (Wildman–Crippen LogP) is 5.04. The molecule has 9 nitrogen and oxygen atoms in total. The van der Waals surface area contributed by atoms with E-state index in [-0.39, 0.29) is 17.7 Å². The number of ether oxygens (including phenoxy) is 3. The lowest BCUT2D eigenvalue weighted by Gasteiger charge is -2.23. The highest BCUT2D eigenvalue weighted by Crippen LogP contribution is 2.49. The molecule has 1 aromatic carbocycles. The summed E-state index contributed by atoms with van der Waals surface area (Å²) in [6.45, 7) is 6.41. The number of anilines is 2. The van der Waals surface area contributed by atoms with Gasteiger partial charge in [-0.1, -0.05) is 29.8 Å². The molecule has 3 fully saturated rings. The number of fused-ring (bicyclic) bond motifs is 2. The molecule has 1 saturated carbocycles. The molecular weight excluding hydrogens is 541 g/mol. The standard InChI is InChI=1S/C28H29Cl2N5O4/c1-4-18(36)6-17-12-39-13-20(17)33-28-31-9-14-7-19(23-24(29)21(37-2)8-22(38-3)25(23)30)32-27(26(14)34-28)35-10-15-5-16(15)11-35/h4,7-9,15-17,20H,1,5-6,10-13H2,2-3H3,(H,31,33,34)/t15?,16?,17-,20+/m0/s1. The Morgan fingerprint density at radius 1 is 1.15 bits per heavy atom. The Kier molecular flexibility index (Phi) is 6.99. The lowest BCUT2D eigenvalue weighted by Crippen LogP contribution is -2.30. The summed E-state index contributed by atoms with van der Waals surface area (Å²) in [5.41, 5.74) is 1.85. The quantitative estimate of drug-likeness (QED) is 0.355. The monoisotopic (exact) mass is 569 g/mol. The maximum absolute atomic E-state index is 12.0. The van der Waals surface area contributed by atoms with E-state index in [1.807, 2.05) is 6.07 Å². The normalized spacial score (nSPS) is 23.5. The second-order valence-corrected chi connectivity index (χ2v) is 11.1. The van der Waals surface area contributed by atoms with Crippen LogP contribution in [0.1, 0.15) is 12.8 Å². The lowest BCUT2D eigenvalue weighted by atomic mass is 9.97. The van der Waals surface area contributed by atoms with Gasteiger partial charge in [0.25, 0.3) is 0 Å². The second-order valence-electron chi connectivity index (χ2n) is 10.3. The summed E-state index contributed by atoms with van der Waals surface area (Å²) in [5, 5.41) is 4.89. The second kappa shape index (κ2) is 10.4. The maximum Gasteiger partial charge on any atom is 0.223 e. The first-order chi connectivity index (χ1) is 18.9. The van der Waals surface area contributed by atoms with E-state index in [1.54, 1.807) is 26.5 Å². The van der Waals surface area contributed by atoms with Crippen LogP contribution in [0, 0.1) is 17.8 Å². The smallest absolute Gasteiger partial charge is 0.223 e. The molecular formula is C28H29Cl2N5O4. The molecule has 2 saturated heterocycles. The third-order valence-corrected chi connectivity index (χ3v) is 8.61. The van der Waals surface area contributed by atoms with Crippen molar-refractivity contribution in [3.05, 3.63) is 41.0 Å². The molecule has 1 N–H and O–H groups in total. The third kappa shape index (κ3) is 4.88. The average molecular weight is 570 g/mol. The highest BCUT2D eigenvalue weighted by molar-refractivity contribution is 6.41. The molecule has 0 bridgehead atoms. The fourth-order valence-corrected chi connectivity index (χ4v) is 6.28. The summed E-state index contributed by atoms with van der Waals surface area (Å²) in [7, 11) is 3.09. The SMILES string of the molecule is C=CC(=O)C[C@H]1COC[C@H]1Nc1ncc2cc(-c3c(Cl)c(OC)cc(OC)c3Cl)nc(N3CC4CC4C3)c2n1. The first kappa shape index (κ1) is 26.1. The van der Waals surface area contributed by atoms with Crippen LogP contribution in [0.25, 0.3) is 22.2 Å². The van der Waals surface area contributed by atoms with Crippen LogP contribution in [0.3, 0.4) is 0 Å². The number of hydrogen-bond donors (Lipinski definition) is 1. The van der Waals surface area contributed by atoms with Crippen molar-refractivity contribution in [1.82, 2.24) is 15.0 Å². The van der Waals surface area contributed by atoms with Crippen molar-refractivity contribution < 1.29 is 19.0 Å². The summed E-state index contributed by atoms with van der Waals surface area (Å²) in [5.74, 6) is 3.50. The van der Waals surface area contributed by atoms with Gasteiger partial charge in [0.05, 0.1) is 49.2 Å². The Bertz CT molecular complexity index is 1430. The number of benzene rings is 1. The minimum Gasteiger partial charge on any atom is -0.495 e. The van der Waals surface area contributed by atoms with Gasteiger partial charge in [-0.15, -0.1) is 0 Å². The van der Waals surface area contributed by atoms with Crippen LogP contribution >= 0.6 is 23.2 Å². The van der Waals surface area contributed by atoms with Crippen molar-refractivity contribution in [1.29, 1.82) is 0 Å². The van der Waals surface area contributed by atoms with Crippen molar-refractivity contribution in [2.75, 3.05) is 50.7 Å². The number of hydrogen-bond acceptors (Lipinski definition) is 9. The number of rotatable bonds is 9. The number of nitrogens with zero attached hydrogens (tertiary/aromatic N) is 4. The topological polar surface area (TPSA) is 98.7 Å². The molecule has 2 unspecified atom stereocenters. The number of methoxy groups -OCH3 is 2. The van der Waals surface area contributed by atoms with E-state index in [1.165, 1.54) is 12.5 Å². The van der Waals surface area contributed by atoms with Gasteiger partial charge in [-0.25, -0.2) is 15.0 Å². The molecule has 0 radical (unpaired) electrons. The summed E-state index contributed by atoms with van der Waals surface area (Å²) >= 11 is 13.5. The molecule has 11 heteroatoms. The van der Waals surface area contributed by atoms with Crippen molar-refractivity contribution in [3.63, 3.8) is 0 Å². The summed E-state index contributed by atoms with van der Waals surface area (Å²) in [6.07, 6.45) is 4.75. The molecule has 3 aliphatic rings. The van der Waals surface area contributed by atoms with E-state index in [4.69, 9.17) is 47.4 Å². The summed E-state index contributed by atoms with van der Waals surface area (Å²) < 4.78 is 16.6. The van der Waals surface area contributed by atoms with E-state index >= 15 is 0 Å². The van der Waals surface area contributed by atoms with Crippen LogP contribution in [0.2, 0.25) is 10.0 Å². The van der Waals surface area contributed by atoms with Crippen LogP contribution in [-0.2, 0) is 9.53 Å². The van der Waals surface area contributed by atoms with Crippen LogP contribution in [0.15, 0.2) is 31.0 Å². The molecule has 39 heavy (non-hydrogen) atoms. The molecule has 0 amide bonds. The van der Waals surface area contributed by atoms with Gasteiger partial charge in [0.15, 0.2) is 11.6 Å². The molecule has 6 rings (SSSR count). The Hall–Kier alpha value is -3.14.